The van der Waals surface area contributed by atoms with Crippen LogP contribution in [0.4, 0.5) is 34.1 Å². The van der Waals surface area contributed by atoms with Crippen LogP contribution >= 0.6 is 0 Å². The van der Waals surface area contributed by atoms with Crippen molar-refractivity contribution in [2.45, 2.75) is 5.41 Å². The van der Waals surface area contributed by atoms with Gasteiger partial charge >= 0.3 is 0 Å². The molecule has 0 amide bonds. The fourth-order valence-electron chi connectivity index (χ4n) is 12.1. The molecule has 0 aromatic heterocycles. The summed E-state index contributed by atoms with van der Waals surface area (Å²) in [6, 6.07) is 99.1. The van der Waals surface area contributed by atoms with E-state index in [0.717, 1.165) is 34.1 Å². The first-order valence-corrected chi connectivity index (χ1v) is 23.9. The topological polar surface area (TPSA) is 6.48 Å². The Labute approximate surface area is 403 Å². The molecule has 1 heterocycles. The molecule has 2 nitrogen and oxygen atoms in total. The van der Waals surface area contributed by atoms with Crippen LogP contribution in [0, 0.1) is 0 Å². The molecule has 2 aliphatic carbocycles. The van der Waals surface area contributed by atoms with Gasteiger partial charge in [-0.25, -0.2) is 0 Å². The molecule has 0 unspecified atom stereocenters. The molecule has 0 atom stereocenters. The lowest BCUT2D eigenvalue weighted by atomic mass is 9.66. The van der Waals surface area contributed by atoms with Crippen molar-refractivity contribution in [3.05, 3.63) is 289 Å². The van der Waals surface area contributed by atoms with Crippen molar-refractivity contribution in [1.29, 1.82) is 0 Å². The first-order valence-electron chi connectivity index (χ1n) is 23.9. The summed E-state index contributed by atoms with van der Waals surface area (Å²) < 4.78 is 0. The van der Waals surface area contributed by atoms with E-state index in [1.807, 2.05) is 0 Å². The Kier molecular flexibility index (Phi) is 8.84. The summed E-state index contributed by atoms with van der Waals surface area (Å²) in [4.78, 5) is 5.05. The second kappa shape index (κ2) is 15.6. The van der Waals surface area contributed by atoms with Crippen LogP contribution < -0.4 is 9.80 Å². The Morgan fingerprint density at radius 1 is 0.275 bits per heavy atom. The van der Waals surface area contributed by atoms with Gasteiger partial charge in [-0.15, -0.1) is 0 Å². The average molecular weight is 877 g/mol. The second-order valence-corrected chi connectivity index (χ2v) is 18.3. The highest BCUT2D eigenvalue weighted by molar-refractivity contribution is 6.09. The van der Waals surface area contributed by atoms with Gasteiger partial charge in [-0.3, -0.25) is 0 Å². The van der Waals surface area contributed by atoms with Crippen LogP contribution in [0.5, 0.6) is 0 Å². The molecule has 0 N–H and O–H groups in total. The van der Waals surface area contributed by atoms with Crippen molar-refractivity contribution in [1.82, 2.24) is 0 Å². The molecule has 0 bridgehead atoms. The van der Waals surface area contributed by atoms with E-state index in [4.69, 9.17) is 0 Å². The first kappa shape index (κ1) is 39.2. The predicted molar refractivity (Wildman–Crippen MR) is 287 cm³/mol. The molecule has 11 aromatic carbocycles. The number of benzene rings is 11. The van der Waals surface area contributed by atoms with Gasteiger partial charge < -0.3 is 9.80 Å². The van der Waals surface area contributed by atoms with E-state index in [9.17, 15) is 0 Å². The molecule has 1 spiro atoms. The van der Waals surface area contributed by atoms with Gasteiger partial charge in [-0.2, -0.15) is 0 Å². The fraction of sp³-hybridized carbons (Fsp3) is 0.0149. The molecule has 0 saturated carbocycles. The third kappa shape index (κ3) is 5.73. The largest absolute Gasteiger partial charge is 0.308 e. The van der Waals surface area contributed by atoms with Crippen molar-refractivity contribution in [2.24, 2.45) is 0 Å². The van der Waals surface area contributed by atoms with Crippen molar-refractivity contribution >= 4 is 34.1 Å². The predicted octanol–water partition coefficient (Wildman–Crippen LogP) is 18.0. The zero-order valence-corrected chi connectivity index (χ0v) is 37.8. The zero-order chi connectivity index (χ0) is 45.5. The van der Waals surface area contributed by atoms with Crippen LogP contribution in [-0.2, 0) is 5.41 Å². The Hall–Kier alpha value is -8.98. The van der Waals surface area contributed by atoms with Crippen LogP contribution in [0.2, 0.25) is 0 Å². The molecule has 14 rings (SSSR count). The van der Waals surface area contributed by atoms with E-state index in [1.54, 1.807) is 0 Å². The number of fused-ring (bicyclic) bond motifs is 17. The SMILES string of the molecule is c1ccc(-c2ccc(N(c3cccc4c3-c3ccccc3C43c4ccccc4-c4ccccc4-c4ccccc43)c3cccc4c3N(c3ccccc3)c3ccccc3-c3ccccc3-4)cc2)cc1. The Bertz CT molecular complexity index is 3730. The van der Waals surface area contributed by atoms with Gasteiger partial charge in [0.2, 0.25) is 0 Å². The zero-order valence-electron chi connectivity index (χ0n) is 37.8. The van der Waals surface area contributed by atoms with Crippen LogP contribution in [-0.4, -0.2) is 0 Å². The minimum Gasteiger partial charge on any atom is -0.308 e. The fourth-order valence-corrected chi connectivity index (χ4v) is 12.1. The summed E-state index contributed by atoms with van der Waals surface area (Å²) in [6.45, 7) is 0. The molecule has 3 aliphatic rings. The lowest BCUT2D eigenvalue weighted by Gasteiger charge is -2.36. The van der Waals surface area contributed by atoms with Crippen LogP contribution in [0.15, 0.2) is 267 Å². The van der Waals surface area contributed by atoms with E-state index in [-0.39, 0.29) is 0 Å². The van der Waals surface area contributed by atoms with Crippen molar-refractivity contribution in [3.8, 4) is 66.8 Å². The van der Waals surface area contributed by atoms with E-state index in [2.05, 4.69) is 277 Å². The summed E-state index contributed by atoms with van der Waals surface area (Å²) in [5.74, 6) is 0. The Morgan fingerprint density at radius 2 is 0.696 bits per heavy atom. The van der Waals surface area contributed by atoms with Crippen LogP contribution in [0.25, 0.3) is 66.8 Å². The third-order valence-electron chi connectivity index (χ3n) is 14.8. The Morgan fingerprint density at radius 3 is 1.33 bits per heavy atom. The summed E-state index contributed by atoms with van der Waals surface area (Å²) >= 11 is 0. The second-order valence-electron chi connectivity index (χ2n) is 18.3. The Balaban J connectivity index is 1.11. The lowest BCUT2D eigenvalue weighted by Crippen LogP contribution is -2.29. The summed E-state index contributed by atoms with van der Waals surface area (Å²) in [6.07, 6.45) is 0. The lowest BCUT2D eigenvalue weighted by molar-refractivity contribution is 0.775. The average Bonchev–Trinajstić information content (AvgIpc) is 3.59. The minimum atomic E-state index is -0.626. The van der Waals surface area contributed by atoms with Crippen LogP contribution in [0.1, 0.15) is 22.3 Å². The summed E-state index contributed by atoms with van der Waals surface area (Å²) in [5, 5.41) is 0. The van der Waals surface area contributed by atoms with E-state index >= 15 is 0 Å². The smallest absolute Gasteiger partial charge is 0.0781 e. The van der Waals surface area contributed by atoms with E-state index in [1.165, 1.54) is 89.0 Å². The highest BCUT2D eigenvalue weighted by Gasteiger charge is 2.50. The van der Waals surface area contributed by atoms with Gasteiger partial charge in [0.1, 0.15) is 0 Å². The maximum atomic E-state index is 2.55. The summed E-state index contributed by atoms with van der Waals surface area (Å²) in [7, 11) is 0. The molecule has 322 valence electrons. The highest BCUT2D eigenvalue weighted by Crippen LogP contribution is 2.64. The standard InChI is InChI=1S/C67H44N2/c1-3-21-45(22-4-1)46-41-43-48(44-42-46)68(64-40-19-33-56-52-28-10-9-27-51(52)55-31-14-18-38-62(55)69(66(56)64)47-23-5-2-6-24-47)63-39-20-37-61-65(63)57-32-13-17-36-60(57)67(61)58-34-15-11-29-53(58)49-25-7-8-26-50(49)54-30-12-16-35-59(54)67/h1-44H. The number of hydrogen-bond acceptors (Lipinski definition) is 2. The molecular formula is C67H44N2. The molecule has 11 aromatic rings. The molecule has 2 heteroatoms. The maximum absolute atomic E-state index is 2.55. The van der Waals surface area contributed by atoms with Crippen molar-refractivity contribution in [3.63, 3.8) is 0 Å². The number of para-hydroxylation sites is 3. The van der Waals surface area contributed by atoms with Gasteiger partial charge in [-0.05, 0) is 115 Å². The minimum absolute atomic E-state index is 0.626. The maximum Gasteiger partial charge on any atom is 0.0781 e. The normalized spacial score (nSPS) is 13.0. The number of anilines is 6. The molecule has 0 fully saturated rings. The van der Waals surface area contributed by atoms with Crippen molar-refractivity contribution in [2.75, 3.05) is 9.80 Å². The molecular weight excluding hydrogens is 833 g/mol. The third-order valence-corrected chi connectivity index (χ3v) is 14.8. The van der Waals surface area contributed by atoms with Gasteiger partial charge in [0.25, 0.3) is 0 Å². The van der Waals surface area contributed by atoms with Gasteiger partial charge in [0, 0.05) is 28.1 Å². The quantitative estimate of drug-likeness (QED) is 0.170. The molecule has 0 saturated heterocycles. The van der Waals surface area contributed by atoms with Gasteiger partial charge in [0.15, 0.2) is 0 Å². The first-order chi connectivity index (χ1) is 34.3. The number of rotatable bonds is 5. The monoisotopic (exact) mass is 876 g/mol. The van der Waals surface area contributed by atoms with E-state index < -0.39 is 5.41 Å². The highest BCUT2D eigenvalue weighted by atomic mass is 15.2. The molecule has 0 radical (unpaired) electrons. The van der Waals surface area contributed by atoms with Crippen molar-refractivity contribution < 1.29 is 0 Å². The van der Waals surface area contributed by atoms with Gasteiger partial charge in [-0.1, -0.05) is 224 Å². The molecule has 1 aliphatic heterocycles. The van der Waals surface area contributed by atoms with E-state index in [0.29, 0.717) is 0 Å². The molecule has 69 heavy (non-hydrogen) atoms. The number of nitrogens with zero attached hydrogens (tertiary/aromatic N) is 2. The van der Waals surface area contributed by atoms with Gasteiger partial charge in [0.05, 0.1) is 28.2 Å². The summed E-state index contributed by atoms with van der Waals surface area (Å²) in [5.41, 5.74) is 25.8. The number of hydrogen-bond donors (Lipinski definition) is 0. The van der Waals surface area contributed by atoms with Crippen LogP contribution in [0.3, 0.4) is 0 Å².